The lowest BCUT2D eigenvalue weighted by Crippen LogP contribution is -2.28. The van der Waals surface area contributed by atoms with E-state index in [0.29, 0.717) is 6.54 Å². The Morgan fingerprint density at radius 1 is 1.08 bits per heavy atom. The van der Waals surface area contributed by atoms with Crippen LogP contribution in [0.2, 0.25) is 0 Å². The van der Waals surface area contributed by atoms with Gasteiger partial charge in [-0.15, -0.1) is 0 Å². The van der Waals surface area contributed by atoms with Crippen molar-refractivity contribution >= 4 is 23.2 Å². The molecule has 24 heavy (non-hydrogen) atoms. The number of rotatable bonds is 3. The predicted octanol–water partition coefficient (Wildman–Crippen LogP) is 3.60. The van der Waals surface area contributed by atoms with E-state index in [4.69, 9.17) is 0 Å². The fourth-order valence-electron chi connectivity index (χ4n) is 2.99. The zero-order valence-electron chi connectivity index (χ0n) is 14.3. The maximum atomic E-state index is 12.5. The first kappa shape index (κ1) is 16.2. The number of carbonyl (C=O) groups is 2. The van der Waals surface area contributed by atoms with E-state index >= 15 is 0 Å². The molecule has 1 saturated heterocycles. The molecule has 0 radical (unpaired) electrons. The molecule has 0 aromatic heterocycles. The van der Waals surface area contributed by atoms with Crippen LogP contribution in [-0.2, 0) is 9.59 Å². The van der Waals surface area contributed by atoms with Gasteiger partial charge >= 0.3 is 0 Å². The van der Waals surface area contributed by atoms with Crippen LogP contribution in [0.5, 0.6) is 0 Å². The zero-order valence-corrected chi connectivity index (χ0v) is 14.3. The molecule has 4 nitrogen and oxygen atoms in total. The van der Waals surface area contributed by atoms with Crippen LogP contribution in [0.15, 0.2) is 42.5 Å². The minimum atomic E-state index is -0.320. The number of nitrogens with zero attached hydrogens (tertiary/aromatic N) is 1. The quantitative estimate of drug-likeness (QED) is 0.938. The summed E-state index contributed by atoms with van der Waals surface area (Å²) in [6, 6.07) is 13.7. The molecule has 1 aliphatic rings. The van der Waals surface area contributed by atoms with Crippen molar-refractivity contribution in [3.8, 4) is 0 Å². The Hall–Kier alpha value is -2.62. The third kappa shape index (κ3) is 3.32. The minimum absolute atomic E-state index is 0.000775. The van der Waals surface area contributed by atoms with Crippen molar-refractivity contribution in [2.24, 2.45) is 5.92 Å². The Kier molecular flexibility index (Phi) is 4.38. The van der Waals surface area contributed by atoms with Crippen LogP contribution in [-0.4, -0.2) is 18.4 Å². The van der Waals surface area contributed by atoms with Gasteiger partial charge in [-0.1, -0.05) is 18.2 Å². The molecule has 2 amide bonds. The number of nitrogens with one attached hydrogen (secondary N) is 1. The summed E-state index contributed by atoms with van der Waals surface area (Å²) in [5, 5.41) is 2.94. The highest BCUT2D eigenvalue weighted by Gasteiger charge is 2.35. The first-order chi connectivity index (χ1) is 11.4. The summed E-state index contributed by atoms with van der Waals surface area (Å²) in [4.78, 5) is 26.5. The summed E-state index contributed by atoms with van der Waals surface area (Å²) in [7, 11) is 0. The summed E-state index contributed by atoms with van der Waals surface area (Å²) in [6.07, 6.45) is 0.255. The number of anilines is 2. The second-order valence-electron chi connectivity index (χ2n) is 6.53. The third-order valence-electron chi connectivity index (χ3n) is 4.58. The molecule has 1 fully saturated rings. The van der Waals surface area contributed by atoms with Crippen molar-refractivity contribution < 1.29 is 9.59 Å². The van der Waals surface area contributed by atoms with Crippen molar-refractivity contribution in [2.75, 3.05) is 16.8 Å². The largest absolute Gasteiger partial charge is 0.326 e. The summed E-state index contributed by atoms with van der Waals surface area (Å²) in [5.74, 6) is -0.415. The molecule has 4 heteroatoms. The highest BCUT2D eigenvalue weighted by Crippen LogP contribution is 2.27. The lowest BCUT2D eigenvalue weighted by atomic mass is 10.1. The molecule has 1 N–H and O–H groups in total. The van der Waals surface area contributed by atoms with Gasteiger partial charge in [0.25, 0.3) is 0 Å². The van der Waals surface area contributed by atoms with Gasteiger partial charge in [0.2, 0.25) is 11.8 Å². The van der Waals surface area contributed by atoms with Gasteiger partial charge in [0.15, 0.2) is 0 Å². The Balaban J connectivity index is 1.70. The number of amides is 2. The average Bonchev–Trinajstić information content (AvgIpc) is 2.93. The second kappa shape index (κ2) is 6.48. The van der Waals surface area contributed by atoms with E-state index in [9.17, 15) is 9.59 Å². The van der Waals surface area contributed by atoms with Gasteiger partial charge in [0.1, 0.15) is 0 Å². The maximum absolute atomic E-state index is 12.5. The monoisotopic (exact) mass is 322 g/mol. The molecule has 1 aliphatic heterocycles. The SMILES string of the molecule is Cc1cccc(N2C[C@H](C(=O)Nc3ccc(C)c(C)c3)CC2=O)c1. The van der Waals surface area contributed by atoms with Crippen LogP contribution in [0.4, 0.5) is 11.4 Å². The van der Waals surface area contributed by atoms with Crippen molar-refractivity contribution in [3.63, 3.8) is 0 Å². The highest BCUT2D eigenvalue weighted by atomic mass is 16.2. The molecule has 0 spiro atoms. The lowest BCUT2D eigenvalue weighted by molar-refractivity contribution is -0.122. The first-order valence-corrected chi connectivity index (χ1v) is 8.19. The van der Waals surface area contributed by atoms with Crippen LogP contribution in [0.1, 0.15) is 23.1 Å². The van der Waals surface area contributed by atoms with E-state index in [2.05, 4.69) is 5.32 Å². The molecule has 1 atom stereocenters. The fraction of sp³-hybridized carbons (Fsp3) is 0.300. The molecule has 2 aromatic carbocycles. The zero-order chi connectivity index (χ0) is 17.3. The van der Waals surface area contributed by atoms with Crippen molar-refractivity contribution in [1.29, 1.82) is 0 Å². The van der Waals surface area contributed by atoms with Crippen molar-refractivity contribution in [2.45, 2.75) is 27.2 Å². The van der Waals surface area contributed by atoms with E-state index in [-0.39, 0.29) is 24.2 Å². The molecular formula is C20H22N2O2. The van der Waals surface area contributed by atoms with Crippen LogP contribution in [0, 0.1) is 26.7 Å². The van der Waals surface area contributed by atoms with Crippen molar-refractivity contribution in [1.82, 2.24) is 0 Å². The van der Waals surface area contributed by atoms with E-state index < -0.39 is 0 Å². The van der Waals surface area contributed by atoms with Crippen molar-refractivity contribution in [3.05, 3.63) is 59.2 Å². The maximum Gasteiger partial charge on any atom is 0.229 e. The third-order valence-corrected chi connectivity index (χ3v) is 4.58. The molecule has 124 valence electrons. The summed E-state index contributed by atoms with van der Waals surface area (Å²) >= 11 is 0. The molecular weight excluding hydrogens is 300 g/mol. The first-order valence-electron chi connectivity index (χ1n) is 8.19. The van der Waals surface area contributed by atoms with Crippen LogP contribution < -0.4 is 10.2 Å². The number of aryl methyl sites for hydroxylation is 3. The standard InChI is InChI=1S/C20H22N2O2/c1-13-5-4-6-18(9-13)22-12-16(11-19(22)23)20(24)21-17-8-7-14(2)15(3)10-17/h4-10,16H,11-12H2,1-3H3,(H,21,24)/t16-/m1/s1. The highest BCUT2D eigenvalue weighted by molar-refractivity contribution is 6.03. The Bertz CT molecular complexity index is 798. The van der Waals surface area contributed by atoms with Crippen LogP contribution in [0.3, 0.4) is 0 Å². The number of carbonyl (C=O) groups excluding carboxylic acids is 2. The second-order valence-corrected chi connectivity index (χ2v) is 6.53. The van der Waals surface area contributed by atoms with Gasteiger partial charge in [-0.25, -0.2) is 0 Å². The van der Waals surface area contributed by atoms with E-state index in [0.717, 1.165) is 22.5 Å². The predicted molar refractivity (Wildman–Crippen MR) is 96.2 cm³/mol. The van der Waals surface area contributed by atoms with Gasteiger partial charge in [0.05, 0.1) is 5.92 Å². The van der Waals surface area contributed by atoms with E-state index in [1.54, 1.807) is 4.90 Å². The number of benzene rings is 2. The number of hydrogen-bond donors (Lipinski definition) is 1. The summed E-state index contributed by atoms with van der Waals surface area (Å²) in [5.41, 5.74) is 5.07. The molecule has 0 saturated carbocycles. The molecule has 2 aromatic rings. The fourth-order valence-corrected chi connectivity index (χ4v) is 2.99. The van der Waals surface area contributed by atoms with Crippen LogP contribution in [0.25, 0.3) is 0 Å². The van der Waals surface area contributed by atoms with E-state index in [1.807, 2.05) is 63.2 Å². The topological polar surface area (TPSA) is 49.4 Å². The van der Waals surface area contributed by atoms with Gasteiger partial charge in [-0.2, -0.15) is 0 Å². The van der Waals surface area contributed by atoms with Crippen LogP contribution >= 0.6 is 0 Å². The molecule has 0 unspecified atom stereocenters. The molecule has 0 aliphatic carbocycles. The molecule has 0 bridgehead atoms. The van der Waals surface area contributed by atoms with Gasteiger partial charge in [-0.05, 0) is 61.7 Å². The Morgan fingerprint density at radius 3 is 2.58 bits per heavy atom. The van der Waals surface area contributed by atoms with E-state index in [1.165, 1.54) is 5.56 Å². The van der Waals surface area contributed by atoms with Gasteiger partial charge in [-0.3, -0.25) is 9.59 Å². The normalized spacial score (nSPS) is 17.2. The smallest absolute Gasteiger partial charge is 0.229 e. The Morgan fingerprint density at radius 2 is 1.88 bits per heavy atom. The number of hydrogen-bond acceptors (Lipinski definition) is 2. The molecule has 3 rings (SSSR count). The average molecular weight is 322 g/mol. The molecule has 1 heterocycles. The summed E-state index contributed by atoms with van der Waals surface area (Å²) < 4.78 is 0. The minimum Gasteiger partial charge on any atom is -0.326 e. The van der Waals surface area contributed by atoms with Gasteiger partial charge in [0, 0.05) is 24.3 Å². The van der Waals surface area contributed by atoms with Gasteiger partial charge < -0.3 is 10.2 Å². The summed E-state index contributed by atoms with van der Waals surface area (Å²) in [6.45, 7) is 6.48. The lowest BCUT2D eigenvalue weighted by Gasteiger charge is -2.17. The Labute approximate surface area is 142 Å².